The number of fused-ring (bicyclic) bond motifs is 1. The molecular formula is C18H23F2N9O2S. The Morgan fingerprint density at radius 3 is 2.62 bits per heavy atom. The van der Waals surface area contributed by atoms with Gasteiger partial charge in [0, 0.05) is 43.9 Å². The Labute approximate surface area is 182 Å². The summed E-state index contributed by atoms with van der Waals surface area (Å²) in [7, 11) is -3.21. The lowest BCUT2D eigenvalue weighted by atomic mass is 10.1. The number of sulfonamides is 1. The Morgan fingerprint density at radius 2 is 2.00 bits per heavy atom. The van der Waals surface area contributed by atoms with Crippen LogP contribution in [0.15, 0.2) is 18.6 Å². The van der Waals surface area contributed by atoms with E-state index >= 15 is 0 Å². The SMILES string of the molecule is CS(=O)(=O)N1CCC(Nc2nc3cnc(-c4cn[nH]c4)c(N4CCC(F)(F)C4)n3n2)CC1. The third-order valence-electron chi connectivity index (χ3n) is 5.85. The van der Waals surface area contributed by atoms with E-state index < -0.39 is 22.5 Å². The van der Waals surface area contributed by atoms with E-state index in [9.17, 15) is 17.2 Å². The Bertz CT molecular complexity index is 1220. The van der Waals surface area contributed by atoms with Gasteiger partial charge in [0.1, 0.15) is 5.69 Å². The van der Waals surface area contributed by atoms with Crippen molar-refractivity contribution >= 4 is 27.4 Å². The van der Waals surface area contributed by atoms with Crippen LogP contribution in [0.1, 0.15) is 19.3 Å². The quantitative estimate of drug-likeness (QED) is 0.574. The molecule has 0 spiro atoms. The van der Waals surface area contributed by atoms with Crippen molar-refractivity contribution in [2.75, 3.05) is 42.7 Å². The van der Waals surface area contributed by atoms with Gasteiger partial charge in [0.05, 0.1) is 25.2 Å². The first-order valence-corrected chi connectivity index (χ1v) is 12.1. The number of anilines is 2. The third-order valence-corrected chi connectivity index (χ3v) is 7.15. The molecule has 5 rings (SSSR count). The van der Waals surface area contributed by atoms with E-state index in [1.54, 1.807) is 23.5 Å². The van der Waals surface area contributed by atoms with E-state index in [2.05, 4.69) is 30.6 Å². The number of halogens is 2. The molecule has 2 aliphatic rings. The highest BCUT2D eigenvalue weighted by Gasteiger charge is 2.40. The number of hydrogen-bond donors (Lipinski definition) is 2. The Hall–Kier alpha value is -2.87. The van der Waals surface area contributed by atoms with E-state index in [-0.39, 0.29) is 19.0 Å². The van der Waals surface area contributed by atoms with Crippen LogP contribution in [0.2, 0.25) is 0 Å². The van der Waals surface area contributed by atoms with Gasteiger partial charge in [0.2, 0.25) is 16.0 Å². The summed E-state index contributed by atoms with van der Waals surface area (Å²) in [5, 5.41) is 14.5. The summed E-state index contributed by atoms with van der Waals surface area (Å²) in [6, 6.07) is 0.00582. The third kappa shape index (κ3) is 3.99. The molecule has 3 aromatic heterocycles. The molecular weight excluding hydrogens is 444 g/mol. The minimum Gasteiger partial charge on any atom is -0.350 e. The number of aromatic amines is 1. The molecule has 0 unspecified atom stereocenters. The topological polar surface area (TPSA) is 124 Å². The Kier molecular flexibility index (Phi) is 5.00. The highest BCUT2D eigenvalue weighted by atomic mass is 32.2. The van der Waals surface area contributed by atoms with Gasteiger partial charge in [-0.05, 0) is 12.8 Å². The first-order valence-electron chi connectivity index (χ1n) is 10.3. The van der Waals surface area contributed by atoms with Crippen molar-refractivity contribution in [3.63, 3.8) is 0 Å². The van der Waals surface area contributed by atoms with Gasteiger partial charge in [-0.1, -0.05) is 0 Å². The first kappa shape index (κ1) is 21.0. The lowest BCUT2D eigenvalue weighted by Gasteiger charge is -2.30. The minimum absolute atomic E-state index is 0.00582. The maximum absolute atomic E-state index is 14.0. The van der Waals surface area contributed by atoms with Gasteiger partial charge in [-0.15, -0.1) is 5.10 Å². The van der Waals surface area contributed by atoms with Crippen molar-refractivity contribution in [1.29, 1.82) is 0 Å². The highest BCUT2D eigenvalue weighted by molar-refractivity contribution is 7.88. The molecule has 2 aliphatic heterocycles. The summed E-state index contributed by atoms with van der Waals surface area (Å²) in [6.45, 7) is 0.588. The number of nitrogens with one attached hydrogen (secondary N) is 2. The average Bonchev–Trinajstić information content (AvgIpc) is 3.46. The number of H-pyrrole nitrogens is 1. The van der Waals surface area contributed by atoms with Gasteiger partial charge in [0.25, 0.3) is 5.92 Å². The maximum atomic E-state index is 14.0. The first-order chi connectivity index (χ1) is 15.2. The number of piperidine rings is 1. The zero-order valence-corrected chi connectivity index (χ0v) is 18.2. The van der Waals surface area contributed by atoms with Crippen LogP contribution >= 0.6 is 0 Å². The van der Waals surface area contributed by atoms with Crippen LogP contribution in [-0.4, -0.2) is 86.9 Å². The van der Waals surface area contributed by atoms with Crippen molar-refractivity contribution in [3.05, 3.63) is 18.6 Å². The number of rotatable bonds is 5. The lowest BCUT2D eigenvalue weighted by Crippen LogP contribution is -2.41. The number of nitrogens with zero attached hydrogens (tertiary/aromatic N) is 7. The average molecular weight is 468 g/mol. The van der Waals surface area contributed by atoms with E-state index in [1.165, 1.54) is 15.1 Å². The van der Waals surface area contributed by atoms with Crippen LogP contribution < -0.4 is 10.2 Å². The molecule has 0 bridgehead atoms. The second kappa shape index (κ2) is 7.62. The molecule has 2 fully saturated rings. The van der Waals surface area contributed by atoms with Crippen LogP contribution in [0.5, 0.6) is 0 Å². The second-order valence-corrected chi connectivity index (χ2v) is 10.2. The van der Waals surface area contributed by atoms with Crippen LogP contribution in [0.25, 0.3) is 16.9 Å². The Morgan fingerprint density at radius 1 is 1.22 bits per heavy atom. The van der Waals surface area contributed by atoms with Crippen molar-refractivity contribution in [2.45, 2.75) is 31.2 Å². The van der Waals surface area contributed by atoms with Crippen LogP contribution in [0.4, 0.5) is 20.5 Å². The fourth-order valence-corrected chi connectivity index (χ4v) is 5.08. The monoisotopic (exact) mass is 467 g/mol. The normalized spacial score (nSPS) is 20.3. The molecule has 0 atom stereocenters. The van der Waals surface area contributed by atoms with Gasteiger partial charge in [-0.25, -0.2) is 26.5 Å². The molecule has 32 heavy (non-hydrogen) atoms. The number of alkyl halides is 2. The van der Waals surface area contributed by atoms with Crippen LogP contribution in [-0.2, 0) is 10.0 Å². The zero-order chi connectivity index (χ0) is 22.5. The van der Waals surface area contributed by atoms with Crippen LogP contribution in [0, 0.1) is 0 Å². The molecule has 0 aromatic carbocycles. The van der Waals surface area contributed by atoms with Gasteiger partial charge in [-0.3, -0.25) is 5.10 Å². The van der Waals surface area contributed by atoms with Gasteiger partial charge in [-0.2, -0.15) is 14.6 Å². The lowest BCUT2D eigenvalue weighted by molar-refractivity contribution is 0.0256. The fourth-order valence-electron chi connectivity index (χ4n) is 4.20. The summed E-state index contributed by atoms with van der Waals surface area (Å²) in [5.41, 5.74) is 1.58. The molecule has 3 aromatic rings. The molecule has 0 aliphatic carbocycles. The standard InChI is InChI=1S/C18H23F2N9O2S/c1-32(30,31)28-5-2-13(3-6-28)24-17-25-14-10-21-15(12-8-22-23-9-12)16(29(14)26-17)27-7-4-18(19,20)11-27/h8-10,13H,2-7,11H2,1H3,(H,22,23)(H,24,26). The van der Waals surface area contributed by atoms with Crippen molar-refractivity contribution < 1.29 is 17.2 Å². The number of hydrogen-bond acceptors (Lipinski definition) is 8. The summed E-state index contributed by atoms with van der Waals surface area (Å²) in [5.74, 6) is -2.00. The highest BCUT2D eigenvalue weighted by Crippen LogP contribution is 2.36. The van der Waals surface area contributed by atoms with Gasteiger partial charge >= 0.3 is 0 Å². The molecule has 5 heterocycles. The Balaban J connectivity index is 1.45. The maximum Gasteiger partial charge on any atom is 0.266 e. The summed E-state index contributed by atoms with van der Waals surface area (Å²) in [4.78, 5) is 10.5. The predicted molar refractivity (Wildman–Crippen MR) is 113 cm³/mol. The minimum atomic E-state index is -3.21. The summed E-state index contributed by atoms with van der Waals surface area (Å²) < 4.78 is 54.4. The molecule has 0 radical (unpaired) electrons. The molecule has 172 valence electrons. The number of aromatic nitrogens is 6. The molecule has 14 heteroatoms. The predicted octanol–water partition coefficient (Wildman–Crippen LogP) is 1.20. The van der Waals surface area contributed by atoms with Crippen molar-refractivity contribution in [3.8, 4) is 11.3 Å². The molecule has 2 saturated heterocycles. The van der Waals surface area contributed by atoms with E-state index in [0.717, 1.165) is 0 Å². The zero-order valence-electron chi connectivity index (χ0n) is 17.4. The van der Waals surface area contributed by atoms with E-state index in [1.807, 2.05) is 0 Å². The van der Waals surface area contributed by atoms with E-state index in [0.29, 0.717) is 54.6 Å². The van der Waals surface area contributed by atoms with Gasteiger partial charge in [0.15, 0.2) is 11.5 Å². The molecule has 0 saturated carbocycles. The van der Waals surface area contributed by atoms with Crippen molar-refractivity contribution in [1.82, 2.24) is 34.1 Å². The molecule has 0 amide bonds. The largest absolute Gasteiger partial charge is 0.350 e. The molecule has 2 N–H and O–H groups in total. The second-order valence-electron chi connectivity index (χ2n) is 8.23. The molecule has 11 nitrogen and oxygen atoms in total. The van der Waals surface area contributed by atoms with Crippen LogP contribution in [0.3, 0.4) is 0 Å². The fraction of sp³-hybridized carbons (Fsp3) is 0.556. The van der Waals surface area contributed by atoms with Crippen molar-refractivity contribution in [2.24, 2.45) is 0 Å². The van der Waals surface area contributed by atoms with E-state index in [4.69, 9.17) is 0 Å². The summed E-state index contributed by atoms with van der Waals surface area (Å²) >= 11 is 0. The van der Waals surface area contributed by atoms with Gasteiger partial charge < -0.3 is 10.2 Å². The summed E-state index contributed by atoms with van der Waals surface area (Å²) in [6.07, 6.45) is 6.98. The smallest absolute Gasteiger partial charge is 0.266 e.